The van der Waals surface area contributed by atoms with E-state index < -0.39 is 0 Å². The fourth-order valence-electron chi connectivity index (χ4n) is 2.53. The molecule has 1 amide bonds. The number of carbonyl (C=O) groups excluding carboxylic acids is 1. The van der Waals surface area contributed by atoms with Crippen LogP contribution in [0.5, 0.6) is 0 Å². The monoisotopic (exact) mass is 295 g/mol. The van der Waals surface area contributed by atoms with Crippen LogP contribution < -0.4 is 10.6 Å². The molecule has 1 aromatic rings. The van der Waals surface area contributed by atoms with Crippen molar-refractivity contribution in [3.63, 3.8) is 0 Å². The van der Waals surface area contributed by atoms with Gasteiger partial charge >= 0.3 is 0 Å². The van der Waals surface area contributed by atoms with Crippen LogP contribution in [0.4, 0.5) is 5.69 Å². The van der Waals surface area contributed by atoms with Crippen LogP contribution in [0.15, 0.2) is 18.2 Å². The van der Waals surface area contributed by atoms with E-state index in [1.165, 1.54) is 19.3 Å². The summed E-state index contributed by atoms with van der Waals surface area (Å²) in [5.74, 6) is -0.0751. The number of carbonyl (C=O) groups is 1. The van der Waals surface area contributed by atoms with Crippen molar-refractivity contribution < 1.29 is 4.79 Å². The topological polar surface area (TPSA) is 44.4 Å². The summed E-state index contributed by atoms with van der Waals surface area (Å²) >= 11 is 5.96. The predicted molar refractivity (Wildman–Crippen MR) is 83.6 cm³/mol. The number of nitrogens with one attached hydrogen (secondary N) is 2. The molecule has 2 N–H and O–H groups in total. The molecule has 1 aliphatic rings. The molecule has 1 fully saturated rings. The molecule has 20 heavy (non-hydrogen) atoms. The summed E-state index contributed by atoms with van der Waals surface area (Å²) in [6.45, 7) is 3.89. The number of hydrogen-bond acceptors (Lipinski definition) is 3. The molecule has 0 aliphatic carbocycles. The maximum Gasteiger partial charge on any atom is 0.253 e. The van der Waals surface area contributed by atoms with Crippen molar-refractivity contribution in [2.45, 2.75) is 19.3 Å². The minimum absolute atomic E-state index is 0.0751. The molecule has 5 heteroatoms. The molecule has 1 heterocycles. The summed E-state index contributed by atoms with van der Waals surface area (Å²) in [6, 6.07) is 5.30. The van der Waals surface area contributed by atoms with Gasteiger partial charge in [0, 0.05) is 30.8 Å². The van der Waals surface area contributed by atoms with Gasteiger partial charge in [-0.3, -0.25) is 4.79 Å². The zero-order valence-corrected chi connectivity index (χ0v) is 12.7. The molecule has 0 aromatic heterocycles. The van der Waals surface area contributed by atoms with E-state index in [0.29, 0.717) is 17.1 Å². The van der Waals surface area contributed by atoms with E-state index in [-0.39, 0.29) is 5.91 Å². The number of benzene rings is 1. The molecule has 0 unspecified atom stereocenters. The van der Waals surface area contributed by atoms with Gasteiger partial charge in [0.2, 0.25) is 0 Å². The summed E-state index contributed by atoms with van der Waals surface area (Å²) in [5, 5.41) is 6.56. The first-order valence-corrected chi connectivity index (χ1v) is 7.56. The summed E-state index contributed by atoms with van der Waals surface area (Å²) < 4.78 is 0. The maximum atomic E-state index is 12.2. The van der Waals surface area contributed by atoms with Gasteiger partial charge in [-0.1, -0.05) is 18.0 Å². The Morgan fingerprint density at radius 3 is 2.75 bits per heavy atom. The van der Waals surface area contributed by atoms with Gasteiger partial charge in [-0.15, -0.1) is 0 Å². The van der Waals surface area contributed by atoms with Crippen LogP contribution in [0.1, 0.15) is 29.6 Å². The van der Waals surface area contributed by atoms with E-state index in [1.54, 1.807) is 19.2 Å². The van der Waals surface area contributed by atoms with Gasteiger partial charge < -0.3 is 15.5 Å². The molecular weight excluding hydrogens is 274 g/mol. The largest absolute Gasteiger partial charge is 0.387 e. The molecule has 0 atom stereocenters. The molecule has 1 aromatic carbocycles. The highest BCUT2D eigenvalue weighted by molar-refractivity contribution is 6.31. The molecule has 0 bridgehead atoms. The average molecular weight is 296 g/mol. The highest BCUT2D eigenvalue weighted by atomic mass is 35.5. The Bertz CT molecular complexity index is 458. The van der Waals surface area contributed by atoms with Crippen molar-refractivity contribution >= 4 is 23.2 Å². The maximum absolute atomic E-state index is 12.2. The predicted octanol–water partition coefficient (Wildman–Crippen LogP) is 2.60. The van der Waals surface area contributed by atoms with Crippen LogP contribution in [0.2, 0.25) is 5.02 Å². The van der Waals surface area contributed by atoms with Gasteiger partial charge in [-0.05, 0) is 44.1 Å². The molecule has 2 rings (SSSR count). The lowest BCUT2D eigenvalue weighted by Gasteiger charge is -2.26. The quantitative estimate of drug-likeness (QED) is 0.877. The van der Waals surface area contributed by atoms with Crippen molar-refractivity contribution in [3.05, 3.63) is 28.8 Å². The number of rotatable bonds is 5. The number of nitrogens with zero attached hydrogens (tertiary/aromatic N) is 1. The minimum Gasteiger partial charge on any atom is -0.387 e. The van der Waals surface area contributed by atoms with E-state index in [4.69, 9.17) is 11.6 Å². The number of anilines is 1. The van der Waals surface area contributed by atoms with Crippen LogP contribution in [-0.2, 0) is 0 Å². The third-order valence-electron chi connectivity index (χ3n) is 3.66. The van der Waals surface area contributed by atoms with E-state index >= 15 is 0 Å². The molecule has 1 aliphatic heterocycles. The molecule has 4 nitrogen and oxygen atoms in total. The lowest BCUT2D eigenvalue weighted by molar-refractivity contribution is 0.0947. The third kappa shape index (κ3) is 4.12. The summed E-state index contributed by atoms with van der Waals surface area (Å²) in [6.07, 6.45) is 3.87. The van der Waals surface area contributed by atoms with Crippen LogP contribution in [0.25, 0.3) is 0 Å². The summed E-state index contributed by atoms with van der Waals surface area (Å²) in [5.41, 5.74) is 1.39. The second-order valence-corrected chi connectivity index (χ2v) is 5.53. The second kappa shape index (κ2) is 7.50. The van der Waals surface area contributed by atoms with Crippen LogP contribution in [-0.4, -0.2) is 44.0 Å². The Labute approximate surface area is 125 Å². The molecule has 0 spiro atoms. The fraction of sp³-hybridized carbons (Fsp3) is 0.533. The normalized spacial score (nSPS) is 15.9. The zero-order chi connectivity index (χ0) is 14.4. The molecule has 0 saturated carbocycles. The van der Waals surface area contributed by atoms with Crippen molar-refractivity contribution in [2.24, 2.45) is 0 Å². The Hall–Kier alpha value is -1.26. The van der Waals surface area contributed by atoms with Crippen LogP contribution in [0.3, 0.4) is 0 Å². The van der Waals surface area contributed by atoms with E-state index in [1.807, 2.05) is 6.07 Å². The lowest BCUT2D eigenvalue weighted by Crippen LogP contribution is -2.37. The van der Waals surface area contributed by atoms with Crippen LogP contribution in [0, 0.1) is 0 Å². The number of amides is 1. The Morgan fingerprint density at radius 1 is 1.30 bits per heavy atom. The Morgan fingerprint density at radius 2 is 2.05 bits per heavy atom. The smallest absolute Gasteiger partial charge is 0.253 e. The van der Waals surface area contributed by atoms with Crippen molar-refractivity contribution in [1.82, 2.24) is 10.2 Å². The number of piperidine rings is 1. The molecule has 0 radical (unpaired) electrons. The zero-order valence-electron chi connectivity index (χ0n) is 11.9. The second-order valence-electron chi connectivity index (χ2n) is 5.10. The summed E-state index contributed by atoms with van der Waals surface area (Å²) in [4.78, 5) is 14.6. The van der Waals surface area contributed by atoms with Gasteiger partial charge in [-0.2, -0.15) is 0 Å². The van der Waals surface area contributed by atoms with Crippen molar-refractivity contribution in [2.75, 3.05) is 38.5 Å². The van der Waals surface area contributed by atoms with Crippen LogP contribution >= 0.6 is 11.6 Å². The fourth-order valence-corrected chi connectivity index (χ4v) is 2.70. The van der Waals surface area contributed by atoms with E-state index in [0.717, 1.165) is 25.3 Å². The first-order valence-electron chi connectivity index (χ1n) is 7.18. The number of halogens is 1. The minimum atomic E-state index is -0.0751. The number of hydrogen-bond donors (Lipinski definition) is 2. The first kappa shape index (κ1) is 15.1. The SMILES string of the molecule is CNc1ccc(Cl)cc1C(=O)NCCN1CCCCC1. The van der Waals surface area contributed by atoms with Gasteiger partial charge in [0.25, 0.3) is 5.91 Å². The summed E-state index contributed by atoms with van der Waals surface area (Å²) in [7, 11) is 1.80. The molecule has 1 saturated heterocycles. The van der Waals surface area contributed by atoms with Gasteiger partial charge in [0.05, 0.1) is 5.56 Å². The number of likely N-dealkylation sites (tertiary alicyclic amines) is 1. The van der Waals surface area contributed by atoms with Crippen molar-refractivity contribution in [3.8, 4) is 0 Å². The third-order valence-corrected chi connectivity index (χ3v) is 3.89. The van der Waals surface area contributed by atoms with Gasteiger partial charge in [0.15, 0.2) is 0 Å². The van der Waals surface area contributed by atoms with E-state index in [9.17, 15) is 4.79 Å². The molecular formula is C15H22ClN3O. The van der Waals surface area contributed by atoms with E-state index in [2.05, 4.69) is 15.5 Å². The standard InChI is InChI=1S/C15H22ClN3O/c1-17-14-6-5-12(16)11-13(14)15(20)18-7-10-19-8-3-2-4-9-19/h5-6,11,17H,2-4,7-10H2,1H3,(H,18,20). The first-order chi connectivity index (χ1) is 9.70. The Balaban J connectivity index is 1.86. The van der Waals surface area contributed by atoms with Gasteiger partial charge in [0.1, 0.15) is 0 Å². The highest BCUT2D eigenvalue weighted by Gasteiger charge is 2.13. The van der Waals surface area contributed by atoms with Crippen molar-refractivity contribution in [1.29, 1.82) is 0 Å². The molecule has 110 valence electrons. The average Bonchev–Trinajstić information content (AvgIpc) is 2.48. The Kier molecular flexibility index (Phi) is 5.68. The highest BCUT2D eigenvalue weighted by Crippen LogP contribution is 2.20. The lowest BCUT2D eigenvalue weighted by atomic mass is 10.1. The van der Waals surface area contributed by atoms with Gasteiger partial charge in [-0.25, -0.2) is 0 Å².